The maximum Gasteiger partial charge on any atom is 0.435 e. The zero-order chi connectivity index (χ0) is 22.9. The smallest absolute Gasteiger partial charge is 0.435 e. The van der Waals surface area contributed by atoms with Gasteiger partial charge < -0.3 is 4.74 Å². The number of carbonyl (C=O) groups is 2. The van der Waals surface area contributed by atoms with Crippen LogP contribution in [0.1, 0.15) is 16.8 Å². The Labute approximate surface area is 180 Å². The number of alkyl halides is 3. The number of thiocarbonyl (C=S) groups is 1. The van der Waals surface area contributed by atoms with Crippen LogP contribution in [0.2, 0.25) is 0 Å². The number of ether oxygens (including phenoxy) is 1. The second kappa shape index (κ2) is 8.34. The van der Waals surface area contributed by atoms with Gasteiger partial charge >= 0.3 is 6.18 Å². The molecule has 1 aromatic heterocycles. The summed E-state index contributed by atoms with van der Waals surface area (Å²) >= 11 is 4.95. The number of benzene rings is 1. The molecular weight excluding hydrogens is 433 g/mol. The van der Waals surface area contributed by atoms with Crippen molar-refractivity contribution in [2.24, 2.45) is 7.05 Å². The van der Waals surface area contributed by atoms with Crippen molar-refractivity contribution in [2.75, 3.05) is 6.54 Å². The molecular formula is C20H17F3N4O3S. The summed E-state index contributed by atoms with van der Waals surface area (Å²) < 4.78 is 47.5. The summed E-state index contributed by atoms with van der Waals surface area (Å²) in [5.41, 5.74) is -1.46. The number of hydrogen-bond acceptors (Lipinski definition) is 5. The molecule has 1 aliphatic rings. The van der Waals surface area contributed by atoms with Crippen LogP contribution in [0.25, 0.3) is 6.08 Å². The molecule has 0 atom stereocenters. The Hall–Kier alpha value is -3.47. The third kappa shape index (κ3) is 4.50. The molecule has 11 heteroatoms. The van der Waals surface area contributed by atoms with Gasteiger partial charge in [-0.2, -0.15) is 18.3 Å². The molecule has 7 nitrogen and oxygen atoms in total. The zero-order valence-electron chi connectivity index (χ0n) is 16.5. The molecule has 3 rings (SSSR count). The third-order valence-corrected chi connectivity index (χ3v) is 4.64. The van der Waals surface area contributed by atoms with Gasteiger partial charge in [0.15, 0.2) is 10.8 Å². The van der Waals surface area contributed by atoms with Gasteiger partial charge in [-0.25, -0.2) is 4.68 Å². The summed E-state index contributed by atoms with van der Waals surface area (Å²) in [7, 11) is 1.27. The molecule has 1 fully saturated rings. The first-order valence-corrected chi connectivity index (χ1v) is 9.32. The van der Waals surface area contributed by atoms with Gasteiger partial charge in [-0.3, -0.25) is 19.8 Å². The minimum atomic E-state index is -4.86. The van der Waals surface area contributed by atoms with Crippen LogP contribution in [0.5, 0.6) is 11.6 Å². The van der Waals surface area contributed by atoms with E-state index in [0.29, 0.717) is 0 Å². The number of nitrogens with zero attached hydrogens (tertiary/aromatic N) is 3. The number of halogens is 3. The van der Waals surface area contributed by atoms with Crippen LogP contribution in [0, 0.1) is 6.92 Å². The lowest BCUT2D eigenvalue weighted by molar-refractivity contribution is -0.141. The Bertz CT molecular complexity index is 1100. The fourth-order valence-electron chi connectivity index (χ4n) is 2.84. The van der Waals surface area contributed by atoms with Crippen molar-refractivity contribution in [3.8, 4) is 11.6 Å². The summed E-state index contributed by atoms with van der Waals surface area (Å²) in [6.45, 7) is 5.32. The molecule has 0 spiro atoms. The van der Waals surface area contributed by atoms with Gasteiger partial charge in [0.2, 0.25) is 5.88 Å². The molecule has 162 valence electrons. The van der Waals surface area contributed by atoms with Crippen LogP contribution in [0.3, 0.4) is 0 Å². The standard InChI is InChI=1S/C20H17F3N4O3S/c1-4-9-27-17(29)14(16(28)24-19(27)31)10-13-15(20(21,22)23)25-26(3)18(13)30-12-7-5-11(2)6-8-12/h4-8,10H,1,9H2,2-3H3,(H,24,28,31)/b14-10+. The molecule has 2 amide bonds. The molecule has 1 aromatic carbocycles. The van der Waals surface area contributed by atoms with Crippen molar-refractivity contribution in [1.82, 2.24) is 20.0 Å². The van der Waals surface area contributed by atoms with Crippen LogP contribution >= 0.6 is 12.2 Å². The van der Waals surface area contributed by atoms with Gasteiger partial charge in [0.25, 0.3) is 11.8 Å². The number of carbonyl (C=O) groups excluding carboxylic acids is 2. The minimum Gasteiger partial charge on any atom is -0.439 e. The topological polar surface area (TPSA) is 76.5 Å². The normalized spacial score (nSPS) is 16.0. The lowest BCUT2D eigenvalue weighted by Gasteiger charge is -2.27. The van der Waals surface area contributed by atoms with E-state index in [9.17, 15) is 22.8 Å². The summed E-state index contributed by atoms with van der Waals surface area (Å²) in [6, 6.07) is 6.60. The minimum absolute atomic E-state index is 0.0266. The third-order valence-electron chi connectivity index (χ3n) is 4.32. The van der Waals surface area contributed by atoms with E-state index < -0.39 is 34.8 Å². The SMILES string of the molecule is C=CCN1C(=O)/C(=C/c2c(C(F)(F)F)nn(C)c2Oc2ccc(C)cc2)C(=O)NC1=S. The van der Waals surface area contributed by atoms with E-state index in [1.165, 1.54) is 13.1 Å². The number of aryl methyl sites for hydroxylation is 2. The van der Waals surface area contributed by atoms with E-state index in [-0.39, 0.29) is 23.3 Å². The highest BCUT2D eigenvalue weighted by atomic mass is 32.1. The monoisotopic (exact) mass is 450 g/mol. The second-order valence-electron chi connectivity index (χ2n) is 6.63. The molecule has 0 unspecified atom stereocenters. The highest BCUT2D eigenvalue weighted by molar-refractivity contribution is 7.80. The van der Waals surface area contributed by atoms with Crippen LogP contribution in [0.4, 0.5) is 13.2 Å². The molecule has 31 heavy (non-hydrogen) atoms. The van der Waals surface area contributed by atoms with Crippen LogP contribution in [0.15, 0.2) is 42.5 Å². The van der Waals surface area contributed by atoms with E-state index in [0.717, 1.165) is 21.2 Å². The predicted octanol–water partition coefficient (Wildman–Crippen LogP) is 3.35. The first-order chi connectivity index (χ1) is 14.5. The van der Waals surface area contributed by atoms with Crippen LogP contribution in [-0.2, 0) is 22.8 Å². The maximum absolute atomic E-state index is 13.7. The van der Waals surface area contributed by atoms with Crippen molar-refractivity contribution < 1.29 is 27.5 Å². The molecule has 2 aromatic rings. The zero-order valence-corrected chi connectivity index (χ0v) is 17.3. The van der Waals surface area contributed by atoms with E-state index in [1.807, 2.05) is 6.92 Å². The largest absolute Gasteiger partial charge is 0.439 e. The molecule has 0 bridgehead atoms. The predicted molar refractivity (Wildman–Crippen MR) is 110 cm³/mol. The first kappa shape index (κ1) is 22.2. The van der Waals surface area contributed by atoms with Crippen molar-refractivity contribution in [3.05, 3.63) is 59.3 Å². The number of nitrogens with one attached hydrogen (secondary N) is 1. The van der Waals surface area contributed by atoms with Gasteiger partial charge in [-0.1, -0.05) is 23.8 Å². The van der Waals surface area contributed by atoms with Crippen molar-refractivity contribution in [1.29, 1.82) is 0 Å². The fraction of sp³-hybridized carbons (Fsp3) is 0.200. The number of aromatic nitrogens is 2. The quantitative estimate of drug-likeness (QED) is 0.327. The Morgan fingerprint density at radius 3 is 2.48 bits per heavy atom. The molecule has 0 radical (unpaired) electrons. The fourth-order valence-corrected chi connectivity index (χ4v) is 3.09. The molecule has 1 aliphatic heterocycles. The second-order valence-corrected chi connectivity index (χ2v) is 7.01. The summed E-state index contributed by atoms with van der Waals surface area (Å²) in [5, 5.41) is 5.63. The lowest BCUT2D eigenvalue weighted by Crippen LogP contribution is -2.53. The van der Waals surface area contributed by atoms with Gasteiger partial charge in [0.05, 0.1) is 5.56 Å². The average molecular weight is 450 g/mol. The van der Waals surface area contributed by atoms with E-state index in [4.69, 9.17) is 17.0 Å². The van der Waals surface area contributed by atoms with Gasteiger partial charge in [-0.15, -0.1) is 6.58 Å². The summed E-state index contributed by atoms with van der Waals surface area (Å²) in [5.74, 6) is -1.80. The van der Waals surface area contributed by atoms with Crippen molar-refractivity contribution >= 4 is 35.2 Å². The summed E-state index contributed by atoms with van der Waals surface area (Å²) in [6.07, 6.45) is -2.67. The van der Waals surface area contributed by atoms with Gasteiger partial charge in [0, 0.05) is 13.6 Å². The van der Waals surface area contributed by atoms with E-state index in [2.05, 4.69) is 17.0 Å². The average Bonchev–Trinajstić information content (AvgIpc) is 3.00. The number of rotatable bonds is 5. The summed E-state index contributed by atoms with van der Waals surface area (Å²) in [4.78, 5) is 26.1. The van der Waals surface area contributed by atoms with Crippen LogP contribution in [-0.4, -0.2) is 38.2 Å². The lowest BCUT2D eigenvalue weighted by atomic mass is 10.1. The Kier molecular flexibility index (Phi) is 5.98. The molecule has 0 aliphatic carbocycles. The number of hydrogen-bond donors (Lipinski definition) is 1. The van der Waals surface area contributed by atoms with Crippen LogP contribution < -0.4 is 10.1 Å². The first-order valence-electron chi connectivity index (χ1n) is 8.91. The van der Waals surface area contributed by atoms with Gasteiger partial charge in [-0.05, 0) is 37.4 Å². The van der Waals surface area contributed by atoms with Crippen molar-refractivity contribution in [2.45, 2.75) is 13.1 Å². The molecule has 2 heterocycles. The Balaban J connectivity index is 2.14. The highest BCUT2D eigenvalue weighted by Gasteiger charge is 2.41. The van der Waals surface area contributed by atoms with E-state index >= 15 is 0 Å². The highest BCUT2D eigenvalue weighted by Crippen LogP contribution is 2.38. The maximum atomic E-state index is 13.7. The molecule has 0 saturated carbocycles. The molecule has 1 saturated heterocycles. The van der Waals surface area contributed by atoms with E-state index in [1.54, 1.807) is 24.3 Å². The van der Waals surface area contributed by atoms with Gasteiger partial charge in [0.1, 0.15) is 11.3 Å². The van der Waals surface area contributed by atoms with Crippen molar-refractivity contribution in [3.63, 3.8) is 0 Å². The molecule has 1 N–H and O–H groups in total. The Morgan fingerprint density at radius 2 is 1.90 bits per heavy atom. The number of amides is 2. The Morgan fingerprint density at radius 1 is 1.26 bits per heavy atom.